The monoisotopic (exact) mass is 411 g/mol. The van der Waals surface area contributed by atoms with Gasteiger partial charge in [-0.15, -0.1) is 11.3 Å². The van der Waals surface area contributed by atoms with E-state index >= 15 is 0 Å². The van der Waals surface area contributed by atoms with Crippen LogP contribution in [0.15, 0.2) is 36.5 Å². The zero-order valence-corrected chi connectivity index (χ0v) is 17.3. The number of fused-ring (bicyclic) bond motifs is 1. The third-order valence-corrected chi connectivity index (χ3v) is 6.42. The van der Waals surface area contributed by atoms with Crippen LogP contribution in [-0.4, -0.2) is 61.0 Å². The molecule has 0 spiro atoms. The van der Waals surface area contributed by atoms with Gasteiger partial charge >= 0.3 is 0 Å². The molecule has 1 aliphatic heterocycles. The average Bonchev–Trinajstić information content (AvgIpc) is 3.38. The molecule has 3 aromatic rings. The van der Waals surface area contributed by atoms with Crippen LogP contribution in [0.25, 0.3) is 21.3 Å². The summed E-state index contributed by atoms with van der Waals surface area (Å²) in [7, 11) is 0. The van der Waals surface area contributed by atoms with E-state index in [2.05, 4.69) is 15.2 Å². The number of nitrogens with zero attached hydrogens (tertiary/aromatic N) is 1. The van der Waals surface area contributed by atoms with E-state index in [1.165, 1.54) is 11.3 Å². The van der Waals surface area contributed by atoms with Gasteiger partial charge in [-0.2, -0.15) is 0 Å². The highest BCUT2D eigenvalue weighted by molar-refractivity contribution is 7.17. The van der Waals surface area contributed by atoms with Crippen LogP contribution >= 0.6 is 11.3 Å². The zero-order valence-electron chi connectivity index (χ0n) is 16.5. The van der Waals surface area contributed by atoms with Crippen molar-refractivity contribution in [2.24, 2.45) is 0 Å². The standard InChI is InChI=1S/C22H25N3O3S/c1-15(26)20-5-6-21(29-20)18-14-24-19-13-16(3-4-17(18)19)22(27)23-7-2-8-25-9-11-28-12-10-25/h3-6,13-14,24H,2,7-12H2,1H3,(H,23,27). The third kappa shape index (κ3) is 4.58. The number of aromatic nitrogens is 1. The lowest BCUT2D eigenvalue weighted by Gasteiger charge is -2.26. The lowest BCUT2D eigenvalue weighted by atomic mass is 10.1. The van der Waals surface area contributed by atoms with Gasteiger partial charge in [-0.05, 0) is 44.2 Å². The molecule has 0 bridgehead atoms. The third-order valence-electron chi connectivity index (χ3n) is 5.20. The summed E-state index contributed by atoms with van der Waals surface area (Å²) in [5.74, 6) is 0.0219. The Hall–Kier alpha value is -2.48. The van der Waals surface area contributed by atoms with E-state index in [1.807, 2.05) is 36.5 Å². The van der Waals surface area contributed by atoms with Crippen LogP contribution in [0.2, 0.25) is 0 Å². The second kappa shape index (κ2) is 8.90. The largest absolute Gasteiger partial charge is 0.379 e. The number of morpholine rings is 1. The molecule has 0 atom stereocenters. The smallest absolute Gasteiger partial charge is 0.251 e. The number of nitrogens with one attached hydrogen (secondary N) is 2. The molecule has 2 aromatic heterocycles. The number of carbonyl (C=O) groups is 2. The maximum atomic E-state index is 12.5. The Labute approximate surface area is 173 Å². The van der Waals surface area contributed by atoms with Crippen LogP contribution < -0.4 is 5.32 Å². The molecule has 29 heavy (non-hydrogen) atoms. The minimum atomic E-state index is -0.0555. The molecule has 0 unspecified atom stereocenters. The van der Waals surface area contributed by atoms with Gasteiger partial charge in [-0.25, -0.2) is 0 Å². The Balaban J connectivity index is 1.38. The Morgan fingerprint density at radius 3 is 2.79 bits per heavy atom. The summed E-state index contributed by atoms with van der Waals surface area (Å²) in [6, 6.07) is 9.54. The number of ether oxygens (including phenoxy) is 1. The molecular formula is C22H25N3O3S. The molecule has 152 valence electrons. The lowest BCUT2D eigenvalue weighted by molar-refractivity contribution is 0.0374. The molecular weight excluding hydrogens is 386 g/mol. The average molecular weight is 412 g/mol. The summed E-state index contributed by atoms with van der Waals surface area (Å²) < 4.78 is 5.35. The van der Waals surface area contributed by atoms with Gasteiger partial charge in [0, 0.05) is 52.7 Å². The number of ketones is 1. The highest BCUT2D eigenvalue weighted by Crippen LogP contribution is 2.34. The van der Waals surface area contributed by atoms with E-state index in [0.717, 1.165) is 65.5 Å². The summed E-state index contributed by atoms with van der Waals surface area (Å²) in [5, 5.41) is 4.06. The second-order valence-electron chi connectivity index (χ2n) is 7.25. The van der Waals surface area contributed by atoms with Crippen molar-refractivity contribution in [2.75, 3.05) is 39.4 Å². The number of H-pyrrole nitrogens is 1. The number of Topliss-reactive ketones (excluding diaryl/α,β-unsaturated/α-hetero) is 1. The molecule has 2 N–H and O–H groups in total. The van der Waals surface area contributed by atoms with Crippen molar-refractivity contribution >= 4 is 33.9 Å². The predicted octanol–water partition coefficient (Wildman–Crippen LogP) is 3.55. The van der Waals surface area contributed by atoms with E-state index < -0.39 is 0 Å². The first kappa shape index (κ1) is 19.8. The van der Waals surface area contributed by atoms with E-state index in [9.17, 15) is 9.59 Å². The number of carbonyl (C=O) groups excluding carboxylic acids is 2. The summed E-state index contributed by atoms with van der Waals surface area (Å²) in [6.07, 6.45) is 2.86. The molecule has 1 fully saturated rings. The molecule has 6 nitrogen and oxygen atoms in total. The lowest BCUT2D eigenvalue weighted by Crippen LogP contribution is -2.38. The number of benzene rings is 1. The van der Waals surface area contributed by atoms with Gasteiger partial charge in [-0.3, -0.25) is 14.5 Å². The van der Waals surface area contributed by atoms with Crippen LogP contribution in [0.1, 0.15) is 33.4 Å². The Bertz CT molecular complexity index is 1020. The number of amides is 1. The number of thiophene rings is 1. The minimum Gasteiger partial charge on any atom is -0.379 e. The Morgan fingerprint density at radius 2 is 2.03 bits per heavy atom. The normalized spacial score (nSPS) is 14.9. The molecule has 3 heterocycles. The minimum absolute atomic E-state index is 0.0555. The van der Waals surface area contributed by atoms with Crippen molar-refractivity contribution in [2.45, 2.75) is 13.3 Å². The number of aromatic amines is 1. The topological polar surface area (TPSA) is 74.4 Å². The van der Waals surface area contributed by atoms with E-state index in [1.54, 1.807) is 6.92 Å². The van der Waals surface area contributed by atoms with E-state index in [-0.39, 0.29) is 11.7 Å². The summed E-state index contributed by atoms with van der Waals surface area (Å²) in [5.41, 5.74) is 2.61. The van der Waals surface area contributed by atoms with Gasteiger partial charge in [0.1, 0.15) is 0 Å². The second-order valence-corrected chi connectivity index (χ2v) is 8.33. The molecule has 0 saturated carbocycles. The van der Waals surface area contributed by atoms with Crippen molar-refractivity contribution in [1.29, 1.82) is 0 Å². The maximum absolute atomic E-state index is 12.5. The highest BCUT2D eigenvalue weighted by Gasteiger charge is 2.13. The van der Waals surface area contributed by atoms with E-state index in [4.69, 9.17) is 4.74 Å². The molecule has 1 aromatic carbocycles. The number of rotatable bonds is 7. The first-order valence-corrected chi connectivity index (χ1v) is 10.7. The van der Waals surface area contributed by atoms with Gasteiger partial charge in [0.15, 0.2) is 5.78 Å². The summed E-state index contributed by atoms with van der Waals surface area (Å²) in [6.45, 7) is 6.75. The van der Waals surface area contributed by atoms with Crippen molar-refractivity contribution in [3.63, 3.8) is 0 Å². The molecule has 1 amide bonds. The van der Waals surface area contributed by atoms with Crippen molar-refractivity contribution in [3.8, 4) is 10.4 Å². The maximum Gasteiger partial charge on any atom is 0.251 e. The SMILES string of the molecule is CC(=O)c1ccc(-c2c[nH]c3cc(C(=O)NCCCN4CCOCC4)ccc23)s1. The van der Waals surface area contributed by atoms with Gasteiger partial charge in [0.25, 0.3) is 5.91 Å². The number of hydrogen-bond donors (Lipinski definition) is 2. The van der Waals surface area contributed by atoms with Crippen LogP contribution in [-0.2, 0) is 4.74 Å². The van der Waals surface area contributed by atoms with E-state index in [0.29, 0.717) is 12.1 Å². The molecule has 4 rings (SSSR count). The quantitative estimate of drug-likeness (QED) is 0.461. The van der Waals surface area contributed by atoms with Crippen LogP contribution in [0.5, 0.6) is 0 Å². The zero-order chi connectivity index (χ0) is 20.2. The summed E-state index contributed by atoms with van der Waals surface area (Å²) >= 11 is 1.49. The van der Waals surface area contributed by atoms with Crippen LogP contribution in [0.3, 0.4) is 0 Å². The molecule has 0 aliphatic carbocycles. The van der Waals surface area contributed by atoms with Crippen molar-refractivity contribution in [3.05, 3.63) is 47.0 Å². The van der Waals surface area contributed by atoms with Gasteiger partial charge in [0.05, 0.1) is 18.1 Å². The molecule has 7 heteroatoms. The van der Waals surface area contributed by atoms with Gasteiger partial charge < -0.3 is 15.0 Å². The molecule has 0 radical (unpaired) electrons. The first-order valence-electron chi connectivity index (χ1n) is 9.92. The fourth-order valence-corrected chi connectivity index (χ4v) is 4.51. The highest BCUT2D eigenvalue weighted by atomic mass is 32.1. The molecule has 1 aliphatic rings. The predicted molar refractivity (Wildman–Crippen MR) is 116 cm³/mol. The Morgan fingerprint density at radius 1 is 1.21 bits per heavy atom. The van der Waals surface area contributed by atoms with Crippen LogP contribution in [0.4, 0.5) is 0 Å². The first-order chi connectivity index (χ1) is 14.1. The fraction of sp³-hybridized carbons (Fsp3) is 0.364. The fourth-order valence-electron chi connectivity index (χ4n) is 3.57. The Kier molecular flexibility index (Phi) is 6.08. The summed E-state index contributed by atoms with van der Waals surface area (Å²) in [4.78, 5) is 31.5. The van der Waals surface area contributed by atoms with Crippen molar-refractivity contribution in [1.82, 2.24) is 15.2 Å². The van der Waals surface area contributed by atoms with Gasteiger partial charge in [-0.1, -0.05) is 6.07 Å². The number of hydrogen-bond acceptors (Lipinski definition) is 5. The molecule has 1 saturated heterocycles. The van der Waals surface area contributed by atoms with Crippen LogP contribution in [0, 0.1) is 0 Å². The van der Waals surface area contributed by atoms with Crippen molar-refractivity contribution < 1.29 is 14.3 Å². The van der Waals surface area contributed by atoms with Gasteiger partial charge in [0.2, 0.25) is 0 Å².